The second-order valence-electron chi connectivity index (χ2n) is 5.66. The number of hydrogen-bond donors (Lipinski definition) is 1. The molecule has 2 nitrogen and oxygen atoms in total. The summed E-state index contributed by atoms with van der Waals surface area (Å²) in [6.07, 6.45) is 2.48. The van der Waals surface area contributed by atoms with Crippen LogP contribution in [0.4, 0.5) is 0 Å². The summed E-state index contributed by atoms with van der Waals surface area (Å²) in [5.41, 5.74) is 2.14. The fourth-order valence-corrected chi connectivity index (χ4v) is 2.67. The third kappa shape index (κ3) is 2.77. The topological polar surface area (TPSA) is 29.1 Å². The Morgan fingerprint density at radius 2 is 2.11 bits per heavy atom. The van der Waals surface area contributed by atoms with Gasteiger partial charge in [0.1, 0.15) is 0 Å². The molecule has 1 aliphatic carbocycles. The van der Waals surface area contributed by atoms with Crippen LogP contribution in [0.3, 0.4) is 0 Å². The number of carbonyl (C=O) groups is 1. The van der Waals surface area contributed by atoms with Crippen molar-refractivity contribution in [1.82, 2.24) is 5.32 Å². The molecule has 0 radical (unpaired) electrons. The second kappa shape index (κ2) is 5.04. The molecule has 1 aromatic carbocycles. The van der Waals surface area contributed by atoms with Gasteiger partial charge in [-0.1, -0.05) is 35.8 Å². The van der Waals surface area contributed by atoms with Crippen molar-refractivity contribution in [2.24, 2.45) is 11.3 Å². The van der Waals surface area contributed by atoms with Crippen molar-refractivity contribution in [1.29, 1.82) is 0 Å². The maximum atomic E-state index is 12.2. The minimum Gasteiger partial charge on any atom is -0.351 e. The normalized spacial score (nSPS) is 16.7. The van der Waals surface area contributed by atoms with Gasteiger partial charge in [0, 0.05) is 16.6 Å². The average Bonchev–Trinajstić information content (AvgIpc) is 3.10. The van der Waals surface area contributed by atoms with Crippen molar-refractivity contribution in [3.8, 4) is 0 Å². The van der Waals surface area contributed by atoms with Crippen LogP contribution in [0.5, 0.6) is 0 Å². The van der Waals surface area contributed by atoms with E-state index in [9.17, 15) is 4.79 Å². The van der Waals surface area contributed by atoms with Crippen molar-refractivity contribution in [2.75, 3.05) is 6.54 Å². The van der Waals surface area contributed by atoms with E-state index in [1.807, 2.05) is 25.1 Å². The zero-order valence-corrected chi connectivity index (χ0v) is 12.8. The van der Waals surface area contributed by atoms with Crippen molar-refractivity contribution in [2.45, 2.75) is 33.6 Å². The summed E-state index contributed by atoms with van der Waals surface area (Å²) in [7, 11) is 0. The van der Waals surface area contributed by atoms with Crippen LogP contribution in [0.2, 0.25) is 0 Å². The maximum absolute atomic E-state index is 12.2. The highest BCUT2D eigenvalue weighted by molar-refractivity contribution is 9.10. The Morgan fingerprint density at radius 1 is 1.44 bits per heavy atom. The number of carbonyl (C=O) groups excluding carboxylic acids is 1. The first-order valence-corrected chi connectivity index (χ1v) is 7.28. The molecule has 18 heavy (non-hydrogen) atoms. The van der Waals surface area contributed by atoms with Crippen molar-refractivity contribution in [3.05, 3.63) is 33.8 Å². The first-order valence-electron chi connectivity index (χ1n) is 6.49. The van der Waals surface area contributed by atoms with E-state index < -0.39 is 0 Å². The third-order valence-electron chi connectivity index (χ3n) is 4.16. The Kier molecular flexibility index (Phi) is 3.81. The van der Waals surface area contributed by atoms with E-state index >= 15 is 0 Å². The first-order chi connectivity index (χ1) is 8.44. The molecule has 0 atom stereocenters. The molecule has 0 bridgehead atoms. The van der Waals surface area contributed by atoms with Gasteiger partial charge in [0.15, 0.2) is 0 Å². The van der Waals surface area contributed by atoms with Gasteiger partial charge in [0.25, 0.3) is 5.91 Å². The third-order valence-corrected chi connectivity index (χ3v) is 4.66. The van der Waals surface area contributed by atoms with E-state index in [2.05, 4.69) is 35.1 Å². The van der Waals surface area contributed by atoms with Gasteiger partial charge in [0.05, 0.1) is 0 Å². The van der Waals surface area contributed by atoms with Gasteiger partial charge in [-0.25, -0.2) is 0 Å². The fourth-order valence-electron chi connectivity index (χ4n) is 2.31. The van der Waals surface area contributed by atoms with Gasteiger partial charge in [0.2, 0.25) is 0 Å². The van der Waals surface area contributed by atoms with Crippen LogP contribution in [0.1, 0.15) is 42.6 Å². The van der Waals surface area contributed by atoms with E-state index in [4.69, 9.17) is 0 Å². The number of benzene rings is 1. The molecule has 2 rings (SSSR count). The first kappa shape index (κ1) is 13.6. The Morgan fingerprint density at radius 3 is 2.67 bits per heavy atom. The van der Waals surface area contributed by atoms with Gasteiger partial charge in [-0.3, -0.25) is 4.79 Å². The smallest absolute Gasteiger partial charge is 0.251 e. The predicted molar refractivity (Wildman–Crippen MR) is 77.7 cm³/mol. The molecule has 3 heteroatoms. The minimum absolute atomic E-state index is 0.0423. The Hall–Kier alpha value is -0.830. The fraction of sp³-hybridized carbons (Fsp3) is 0.533. The lowest BCUT2D eigenvalue weighted by atomic mass is 9.92. The predicted octanol–water partition coefficient (Wildman–Crippen LogP) is 3.92. The summed E-state index contributed by atoms with van der Waals surface area (Å²) in [5, 5.41) is 3.09. The van der Waals surface area contributed by atoms with Crippen LogP contribution in [0.25, 0.3) is 0 Å². The number of aryl methyl sites for hydroxylation is 1. The molecular weight excluding hydrogens is 290 g/mol. The summed E-state index contributed by atoms with van der Waals surface area (Å²) in [5.74, 6) is 0.683. The van der Waals surface area contributed by atoms with Crippen LogP contribution in [0.15, 0.2) is 22.7 Å². The molecule has 1 aromatic rings. The number of hydrogen-bond acceptors (Lipinski definition) is 1. The molecular formula is C15H20BrNO. The largest absolute Gasteiger partial charge is 0.351 e. The maximum Gasteiger partial charge on any atom is 0.251 e. The molecule has 98 valence electrons. The monoisotopic (exact) mass is 309 g/mol. The van der Waals surface area contributed by atoms with Crippen LogP contribution >= 0.6 is 15.9 Å². The molecule has 1 aliphatic rings. The lowest BCUT2D eigenvalue weighted by molar-refractivity contribution is 0.0939. The van der Waals surface area contributed by atoms with E-state index in [1.54, 1.807) is 0 Å². The van der Waals surface area contributed by atoms with Gasteiger partial charge in [-0.05, 0) is 48.8 Å². The molecule has 0 unspecified atom stereocenters. The second-order valence-corrected chi connectivity index (χ2v) is 6.57. The lowest BCUT2D eigenvalue weighted by Crippen LogP contribution is -2.32. The molecule has 0 heterocycles. The highest BCUT2D eigenvalue weighted by Gasteiger charge is 2.45. The number of nitrogens with one attached hydrogen (secondary N) is 1. The lowest BCUT2D eigenvalue weighted by Gasteiger charge is -2.20. The van der Waals surface area contributed by atoms with Crippen LogP contribution in [0, 0.1) is 18.3 Å². The van der Waals surface area contributed by atoms with E-state index in [0.717, 1.165) is 22.1 Å². The SMILES string of the molecule is Cc1ccc(Br)cc1C(=O)NCC1(C(C)C)CC1. The molecule has 1 N–H and O–H groups in total. The molecule has 0 aliphatic heterocycles. The number of halogens is 1. The number of amides is 1. The molecule has 1 fully saturated rings. The quantitative estimate of drug-likeness (QED) is 0.897. The summed E-state index contributed by atoms with van der Waals surface area (Å²) in [6, 6.07) is 5.82. The van der Waals surface area contributed by atoms with Gasteiger partial charge in [-0.15, -0.1) is 0 Å². The van der Waals surface area contributed by atoms with E-state index in [1.165, 1.54) is 12.8 Å². The summed E-state index contributed by atoms with van der Waals surface area (Å²) < 4.78 is 0.947. The van der Waals surface area contributed by atoms with Gasteiger partial charge >= 0.3 is 0 Å². The summed E-state index contributed by atoms with van der Waals surface area (Å²) in [6.45, 7) is 7.25. The van der Waals surface area contributed by atoms with E-state index in [0.29, 0.717) is 11.3 Å². The van der Waals surface area contributed by atoms with Crippen molar-refractivity contribution < 1.29 is 4.79 Å². The molecule has 0 aromatic heterocycles. The zero-order chi connectivity index (χ0) is 13.3. The van der Waals surface area contributed by atoms with Crippen LogP contribution in [-0.4, -0.2) is 12.5 Å². The molecule has 1 amide bonds. The molecule has 0 spiro atoms. The standard InChI is InChI=1S/C15H20BrNO/c1-10(2)15(6-7-15)9-17-14(18)13-8-12(16)5-4-11(13)3/h4-5,8,10H,6-7,9H2,1-3H3,(H,17,18). The van der Waals surface area contributed by atoms with E-state index in [-0.39, 0.29) is 5.91 Å². The average molecular weight is 310 g/mol. The number of rotatable bonds is 4. The highest BCUT2D eigenvalue weighted by atomic mass is 79.9. The summed E-state index contributed by atoms with van der Waals surface area (Å²) >= 11 is 3.41. The zero-order valence-electron chi connectivity index (χ0n) is 11.2. The van der Waals surface area contributed by atoms with Gasteiger partial charge < -0.3 is 5.32 Å². The Bertz CT molecular complexity index is 464. The summed E-state index contributed by atoms with van der Waals surface area (Å²) in [4.78, 5) is 12.2. The van der Waals surface area contributed by atoms with Crippen molar-refractivity contribution in [3.63, 3.8) is 0 Å². The van der Waals surface area contributed by atoms with Crippen LogP contribution < -0.4 is 5.32 Å². The highest BCUT2D eigenvalue weighted by Crippen LogP contribution is 2.51. The van der Waals surface area contributed by atoms with Gasteiger partial charge in [-0.2, -0.15) is 0 Å². The van der Waals surface area contributed by atoms with Crippen LogP contribution in [-0.2, 0) is 0 Å². The van der Waals surface area contributed by atoms with Crippen molar-refractivity contribution >= 4 is 21.8 Å². The molecule has 1 saturated carbocycles. The molecule has 0 saturated heterocycles. The Labute approximate surface area is 117 Å². The minimum atomic E-state index is 0.0423. The Balaban J connectivity index is 2.02.